The number of aryl methyl sites for hydroxylation is 2. The highest BCUT2D eigenvalue weighted by atomic mass is 16.4. The first-order valence-corrected chi connectivity index (χ1v) is 6.69. The van der Waals surface area contributed by atoms with Crippen LogP contribution in [0.15, 0.2) is 41.2 Å². The molecule has 1 aromatic carbocycles. The maximum absolute atomic E-state index is 12.1. The maximum Gasteiger partial charge on any atom is 0.341 e. The lowest BCUT2D eigenvalue weighted by molar-refractivity contribution is -0.116. The predicted molar refractivity (Wildman–Crippen MR) is 82.2 cm³/mol. The Morgan fingerprint density at radius 2 is 1.82 bits per heavy atom. The van der Waals surface area contributed by atoms with Crippen LogP contribution in [0.1, 0.15) is 21.6 Å². The number of para-hydroxylation sites is 1. The van der Waals surface area contributed by atoms with E-state index in [1.54, 1.807) is 19.1 Å². The molecule has 0 unspecified atom stereocenters. The summed E-state index contributed by atoms with van der Waals surface area (Å²) in [4.78, 5) is 35.2. The summed E-state index contributed by atoms with van der Waals surface area (Å²) in [5, 5.41) is 11.7. The van der Waals surface area contributed by atoms with Crippen LogP contribution in [0.4, 0.5) is 5.69 Å². The molecule has 1 aromatic heterocycles. The number of hydrogen-bond acceptors (Lipinski definition) is 3. The van der Waals surface area contributed by atoms with Crippen LogP contribution >= 0.6 is 0 Å². The number of pyridine rings is 1. The molecule has 114 valence electrons. The zero-order valence-corrected chi connectivity index (χ0v) is 12.3. The number of hydrogen-bond donors (Lipinski definition) is 2. The van der Waals surface area contributed by atoms with Crippen molar-refractivity contribution in [3.05, 3.63) is 63.6 Å². The monoisotopic (exact) mass is 300 g/mol. The number of nitrogens with one attached hydrogen (secondary N) is 1. The maximum atomic E-state index is 12.1. The zero-order valence-electron chi connectivity index (χ0n) is 12.3. The number of nitrogens with zero attached hydrogens (tertiary/aromatic N) is 1. The quantitative estimate of drug-likeness (QED) is 0.901. The van der Waals surface area contributed by atoms with E-state index in [9.17, 15) is 14.4 Å². The van der Waals surface area contributed by atoms with Crippen molar-refractivity contribution in [1.29, 1.82) is 0 Å². The number of aromatic nitrogens is 1. The Labute approximate surface area is 127 Å². The van der Waals surface area contributed by atoms with E-state index in [0.717, 1.165) is 10.1 Å². The molecule has 0 bridgehead atoms. The van der Waals surface area contributed by atoms with Gasteiger partial charge in [-0.2, -0.15) is 0 Å². The van der Waals surface area contributed by atoms with Gasteiger partial charge < -0.3 is 15.0 Å². The molecule has 6 nitrogen and oxygen atoms in total. The summed E-state index contributed by atoms with van der Waals surface area (Å²) in [5.41, 5.74) is 1.04. The van der Waals surface area contributed by atoms with Crippen LogP contribution in [0.2, 0.25) is 0 Å². The third-order valence-corrected chi connectivity index (χ3v) is 3.34. The first-order valence-electron chi connectivity index (χ1n) is 6.69. The van der Waals surface area contributed by atoms with E-state index >= 15 is 0 Å². The van der Waals surface area contributed by atoms with Crippen molar-refractivity contribution in [2.75, 3.05) is 5.32 Å². The highest BCUT2D eigenvalue weighted by molar-refractivity contribution is 5.91. The Balaban J connectivity index is 2.26. The minimum absolute atomic E-state index is 0.236. The predicted octanol–water partition coefficient (Wildman–Crippen LogP) is 1.80. The van der Waals surface area contributed by atoms with E-state index < -0.39 is 11.5 Å². The number of amides is 1. The summed E-state index contributed by atoms with van der Waals surface area (Å²) in [5.74, 6) is -1.69. The molecular weight excluding hydrogens is 284 g/mol. The molecule has 0 aliphatic carbocycles. The van der Waals surface area contributed by atoms with Crippen molar-refractivity contribution >= 4 is 17.6 Å². The lowest BCUT2D eigenvalue weighted by Crippen LogP contribution is -2.32. The molecule has 0 saturated heterocycles. The molecule has 0 aliphatic heterocycles. The van der Waals surface area contributed by atoms with E-state index in [1.165, 1.54) is 12.1 Å². The normalized spacial score (nSPS) is 10.3. The summed E-state index contributed by atoms with van der Waals surface area (Å²) in [6.45, 7) is 3.27. The van der Waals surface area contributed by atoms with Crippen molar-refractivity contribution in [2.45, 2.75) is 20.4 Å². The fraction of sp³-hybridized carbons (Fsp3) is 0.188. The van der Waals surface area contributed by atoms with Crippen LogP contribution in [0, 0.1) is 13.8 Å². The van der Waals surface area contributed by atoms with E-state index in [4.69, 9.17) is 5.11 Å². The van der Waals surface area contributed by atoms with Gasteiger partial charge in [-0.3, -0.25) is 9.59 Å². The largest absolute Gasteiger partial charge is 0.477 e. The topological polar surface area (TPSA) is 88.4 Å². The number of carboxylic acids is 1. The van der Waals surface area contributed by atoms with Gasteiger partial charge in [0.15, 0.2) is 0 Å². The molecule has 6 heteroatoms. The number of anilines is 1. The number of carbonyl (C=O) groups excluding carboxylic acids is 1. The number of aromatic carboxylic acids is 1. The molecule has 0 fully saturated rings. The number of rotatable bonds is 4. The molecular formula is C16H16N2O4. The Hall–Kier alpha value is -2.89. The van der Waals surface area contributed by atoms with Gasteiger partial charge in [0.25, 0.3) is 5.56 Å². The van der Waals surface area contributed by atoms with Gasteiger partial charge in [0.1, 0.15) is 12.1 Å². The Kier molecular flexibility index (Phi) is 4.41. The van der Waals surface area contributed by atoms with Gasteiger partial charge in [-0.15, -0.1) is 0 Å². The minimum atomic E-state index is -1.31. The van der Waals surface area contributed by atoms with Gasteiger partial charge in [-0.05, 0) is 37.6 Å². The molecule has 0 aliphatic rings. The lowest BCUT2D eigenvalue weighted by Gasteiger charge is -2.12. The van der Waals surface area contributed by atoms with Crippen LogP contribution < -0.4 is 10.9 Å². The summed E-state index contributed by atoms with van der Waals surface area (Å²) in [6, 6.07) is 10.0. The van der Waals surface area contributed by atoms with E-state index in [0.29, 0.717) is 11.4 Å². The summed E-state index contributed by atoms with van der Waals surface area (Å²) >= 11 is 0. The average molecular weight is 300 g/mol. The van der Waals surface area contributed by atoms with E-state index in [2.05, 4.69) is 5.32 Å². The van der Waals surface area contributed by atoms with Crippen LogP contribution in [-0.2, 0) is 11.3 Å². The molecule has 2 rings (SSSR count). The third kappa shape index (κ3) is 3.22. The van der Waals surface area contributed by atoms with Gasteiger partial charge in [-0.25, -0.2) is 4.79 Å². The molecule has 2 aromatic rings. The van der Waals surface area contributed by atoms with E-state index in [1.807, 2.05) is 19.1 Å². The molecule has 22 heavy (non-hydrogen) atoms. The van der Waals surface area contributed by atoms with Crippen LogP contribution in [0.3, 0.4) is 0 Å². The molecule has 1 amide bonds. The second kappa shape index (κ2) is 6.26. The highest BCUT2D eigenvalue weighted by Crippen LogP contribution is 2.13. The van der Waals surface area contributed by atoms with Crippen molar-refractivity contribution in [3.63, 3.8) is 0 Å². The Bertz CT molecular complexity index is 793. The van der Waals surface area contributed by atoms with Crippen LogP contribution in [-0.4, -0.2) is 21.6 Å². The summed E-state index contributed by atoms with van der Waals surface area (Å²) < 4.78 is 1.15. The van der Waals surface area contributed by atoms with Gasteiger partial charge in [0.05, 0.1) is 0 Å². The van der Waals surface area contributed by atoms with Crippen molar-refractivity contribution < 1.29 is 14.7 Å². The lowest BCUT2D eigenvalue weighted by atomic mass is 10.2. The molecule has 0 saturated carbocycles. The minimum Gasteiger partial charge on any atom is -0.477 e. The third-order valence-electron chi connectivity index (χ3n) is 3.34. The fourth-order valence-electron chi connectivity index (χ4n) is 2.08. The average Bonchev–Trinajstić information content (AvgIpc) is 2.45. The molecule has 0 spiro atoms. The zero-order chi connectivity index (χ0) is 16.3. The van der Waals surface area contributed by atoms with Crippen molar-refractivity contribution in [3.8, 4) is 0 Å². The summed E-state index contributed by atoms with van der Waals surface area (Å²) in [7, 11) is 0. The summed E-state index contributed by atoms with van der Waals surface area (Å²) in [6.07, 6.45) is 0. The van der Waals surface area contributed by atoms with Crippen LogP contribution in [0.25, 0.3) is 0 Å². The molecule has 0 atom stereocenters. The van der Waals surface area contributed by atoms with Crippen LogP contribution in [0.5, 0.6) is 0 Å². The van der Waals surface area contributed by atoms with Gasteiger partial charge in [0, 0.05) is 11.4 Å². The van der Waals surface area contributed by atoms with Crippen molar-refractivity contribution in [1.82, 2.24) is 4.57 Å². The Morgan fingerprint density at radius 3 is 2.45 bits per heavy atom. The molecule has 1 heterocycles. The smallest absolute Gasteiger partial charge is 0.341 e. The van der Waals surface area contributed by atoms with Gasteiger partial charge in [0.2, 0.25) is 5.91 Å². The number of carboxylic acid groups (broad SMARTS) is 1. The SMILES string of the molecule is Cc1ccccc1NC(=O)Cn1c(C)ccc(C(=O)O)c1=O. The molecule has 0 radical (unpaired) electrons. The highest BCUT2D eigenvalue weighted by Gasteiger charge is 2.14. The standard InChI is InChI=1S/C16H16N2O4/c1-10-5-3-4-6-13(10)17-14(19)9-18-11(2)7-8-12(15(18)20)16(21)22/h3-8H,9H2,1-2H3,(H,17,19)(H,21,22). The van der Waals surface area contributed by atoms with E-state index in [-0.39, 0.29) is 18.0 Å². The van der Waals surface area contributed by atoms with Crippen molar-refractivity contribution in [2.24, 2.45) is 0 Å². The number of carbonyl (C=O) groups is 2. The number of benzene rings is 1. The first kappa shape index (κ1) is 15.5. The van der Waals surface area contributed by atoms with Gasteiger partial charge in [-0.1, -0.05) is 18.2 Å². The second-order valence-electron chi connectivity index (χ2n) is 4.95. The first-order chi connectivity index (χ1) is 10.4. The Morgan fingerprint density at radius 1 is 1.14 bits per heavy atom. The molecule has 2 N–H and O–H groups in total. The fourth-order valence-corrected chi connectivity index (χ4v) is 2.08. The van der Waals surface area contributed by atoms with Gasteiger partial charge >= 0.3 is 5.97 Å². The second-order valence-corrected chi connectivity index (χ2v) is 4.95.